The summed E-state index contributed by atoms with van der Waals surface area (Å²) in [5.74, 6) is 2.52. The van der Waals surface area contributed by atoms with Gasteiger partial charge in [0.15, 0.2) is 5.89 Å². The summed E-state index contributed by atoms with van der Waals surface area (Å²) in [7, 11) is 3.20. The Morgan fingerprint density at radius 2 is 2.20 bits per heavy atom. The second-order valence-corrected chi connectivity index (χ2v) is 6.27. The van der Waals surface area contributed by atoms with E-state index in [0.29, 0.717) is 18.9 Å². The molecule has 0 saturated carbocycles. The molecule has 0 bridgehead atoms. The molecule has 6 heteroatoms. The number of para-hydroxylation sites is 1. The molecule has 0 N–H and O–H groups in total. The second kappa shape index (κ2) is 8.16. The largest absolute Gasteiger partial charge is 0.496 e. The molecule has 1 fully saturated rings. The van der Waals surface area contributed by atoms with E-state index in [1.807, 2.05) is 29.2 Å². The maximum Gasteiger partial charge on any atom is 0.248 e. The fourth-order valence-electron chi connectivity index (χ4n) is 3.25. The van der Waals surface area contributed by atoms with Crippen molar-refractivity contribution >= 4 is 5.91 Å². The van der Waals surface area contributed by atoms with E-state index in [4.69, 9.17) is 13.9 Å². The molecule has 1 aliphatic rings. The summed E-state index contributed by atoms with van der Waals surface area (Å²) >= 11 is 0. The summed E-state index contributed by atoms with van der Waals surface area (Å²) in [5, 5.41) is 0. The lowest BCUT2D eigenvalue weighted by molar-refractivity contribution is -0.136. The number of carbonyl (C=O) groups is 1. The number of methoxy groups -OCH3 is 2. The Morgan fingerprint density at radius 3 is 3.00 bits per heavy atom. The van der Waals surface area contributed by atoms with Crippen LogP contribution in [0.1, 0.15) is 36.0 Å². The van der Waals surface area contributed by atoms with E-state index < -0.39 is 0 Å². The first kappa shape index (κ1) is 17.5. The lowest BCUT2D eigenvalue weighted by Crippen LogP contribution is -2.40. The van der Waals surface area contributed by atoms with E-state index in [0.717, 1.165) is 36.5 Å². The summed E-state index contributed by atoms with van der Waals surface area (Å²) < 4.78 is 16.3. The normalized spacial score (nSPS) is 17.5. The van der Waals surface area contributed by atoms with Crippen molar-refractivity contribution in [2.24, 2.45) is 0 Å². The summed E-state index contributed by atoms with van der Waals surface area (Å²) in [6.45, 7) is 1.53. The lowest BCUT2D eigenvalue weighted by atomic mass is 9.98. The number of rotatable bonds is 6. The minimum Gasteiger partial charge on any atom is -0.496 e. The van der Waals surface area contributed by atoms with E-state index in [9.17, 15) is 4.79 Å². The molecule has 3 rings (SSSR count). The number of nitrogens with zero attached hydrogens (tertiary/aromatic N) is 2. The predicted octanol–water partition coefficient (Wildman–Crippen LogP) is 2.63. The third kappa shape index (κ3) is 4.20. The third-order valence-electron chi connectivity index (χ3n) is 4.52. The molecule has 1 aliphatic heterocycles. The zero-order valence-corrected chi connectivity index (χ0v) is 14.7. The van der Waals surface area contributed by atoms with Gasteiger partial charge in [-0.15, -0.1) is 0 Å². The predicted molar refractivity (Wildman–Crippen MR) is 92.7 cm³/mol. The lowest BCUT2D eigenvalue weighted by Gasteiger charge is -2.31. The Hall–Kier alpha value is -2.34. The molecule has 0 aliphatic carbocycles. The fraction of sp³-hybridized carbons (Fsp3) is 0.474. The fourth-order valence-corrected chi connectivity index (χ4v) is 3.25. The van der Waals surface area contributed by atoms with Gasteiger partial charge in [-0.1, -0.05) is 18.2 Å². The summed E-state index contributed by atoms with van der Waals surface area (Å²) in [6, 6.07) is 7.89. The van der Waals surface area contributed by atoms with Crippen LogP contribution in [0.5, 0.6) is 5.75 Å². The SMILES string of the molecule is COCC(=O)N1CCCC(c2ncc(Cc3ccccc3OC)o2)C1. The van der Waals surface area contributed by atoms with Crippen molar-refractivity contribution < 1.29 is 18.7 Å². The first-order chi connectivity index (χ1) is 12.2. The number of amides is 1. The Labute approximate surface area is 147 Å². The van der Waals surface area contributed by atoms with Crippen LogP contribution in [0.3, 0.4) is 0 Å². The van der Waals surface area contributed by atoms with Crippen LogP contribution >= 0.6 is 0 Å². The molecule has 1 amide bonds. The zero-order valence-electron chi connectivity index (χ0n) is 14.7. The first-order valence-corrected chi connectivity index (χ1v) is 8.54. The molecule has 25 heavy (non-hydrogen) atoms. The molecule has 6 nitrogen and oxygen atoms in total. The van der Waals surface area contributed by atoms with Crippen LogP contribution in [0.4, 0.5) is 0 Å². The first-order valence-electron chi connectivity index (χ1n) is 8.54. The standard InChI is InChI=1S/C19H24N2O4/c1-23-13-18(22)21-9-5-7-15(12-21)19-20-11-16(25-19)10-14-6-3-4-8-17(14)24-2/h3-4,6,8,11,15H,5,7,9-10,12-13H2,1-2H3. The molecule has 2 aromatic rings. The number of carbonyl (C=O) groups excluding carboxylic acids is 1. The molecule has 0 spiro atoms. The minimum absolute atomic E-state index is 0.0213. The Balaban J connectivity index is 1.67. The smallest absolute Gasteiger partial charge is 0.248 e. The maximum absolute atomic E-state index is 12.0. The van der Waals surface area contributed by atoms with Crippen molar-refractivity contribution in [1.82, 2.24) is 9.88 Å². The summed E-state index contributed by atoms with van der Waals surface area (Å²) in [5.41, 5.74) is 1.06. The van der Waals surface area contributed by atoms with Gasteiger partial charge in [0, 0.05) is 32.2 Å². The Morgan fingerprint density at radius 1 is 1.36 bits per heavy atom. The van der Waals surface area contributed by atoms with Gasteiger partial charge in [-0.25, -0.2) is 4.98 Å². The van der Waals surface area contributed by atoms with Gasteiger partial charge >= 0.3 is 0 Å². The van der Waals surface area contributed by atoms with Gasteiger partial charge in [0.2, 0.25) is 5.91 Å². The monoisotopic (exact) mass is 344 g/mol. The van der Waals surface area contributed by atoms with Crippen molar-refractivity contribution in [3.05, 3.63) is 47.7 Å². The molecule has 2 heterocycles. The molecule has 1 unspecified atom stereocenters. The second-order valence-electron chi connectivity index (χ2n) is 6.27. The van der Waals surface area contributed by atoms with E-state index in [1.165, 1.54) is 7.11 Å². The molecule has 1 atom stereocenters. The quantitative estimate of drug-likeness (QED) is 0.806. The Kier molecular flexibility index (Phi) is 5.71. The maximum atomic E-state index is 12.0. The van der Waals surface area contributed by atoms with Crippen LogP contribution in [-0.2, 0) is 16.0 Å². The molecular weight excluding hydrogens is 320 g/mol. The Bertz CT molecular complexity index is 713. The number of oxazole rings is 1. The molecule has 1 saturated heterocycles. The third-order valence-corrected chi connectivity index (χ3v) is 4.52. The van der Waals surface area contributed by atoms with Crippen LogP contribution in [0.2, 0.25) is 0 Å². The van der Waals surface area contributed by atoms with Gasteiger partial charge < -0.3 is 18.8 Å². The number of hydrogen-bond donors (Lipinski definition) is 0. The van der Waals surface area contributed by atoms with Gasteiger partial charge in [0.05, 0.1) is 19.2 Å². The van der Waals surface area contributed by atoms with Crippen LogP contribution in [-0.4, -0.2) is 49.7 Å². The van der Waals surface area contributed by atoms with Crippen molar-refractivity contribution in [3.63, 3.8) is 0 Å². The number of likely N-dealkylation sites (tertiary alicyclic amines) is 1. The number of piperidine rings is 1. The number of benzene rings is 1. The van der Waals surface area contributed by atoms with Crippen LogP contribution in [0, 0.1) is 0 Å². The van der Waals surface area contributed by atoms with Crippen LogP contribution in [0.15, 0.2) is 34.9 Å². The minimum atomic E-state index is 0.0213. The van der Waals surface area contributed by atoms with Gasteiger partial charge in [-0.05, 0) is 18.9 Å². The molecule has 134 valence electrons. The number of aromatic nitrogens is 1. The van der Waals surface area contributed by atoms with Gasteiger partial charge in [0.1, 0.15) is 18.1 Å². The average molecular weight is 344 g/mol. The van der Waals surface area contributed by atoms with Crippen molar-refractivity contribution in [2.45, 2.75) is 25.2 Å². The van der Waals surface area contributed by atoms with E-state index in [1.54, 1.807) is 13.3 Å². The highest BCUT2D eigenvalue weighted by atomic mass is 16.5. The van der Waals surface area contributed by atoms with Crippen molar-refractivity contribution in [1.29, 1.82) is 0 Å². The average Bonchev–Trinajstić information content (AvgIpc) is 3.11. The summed E-state index contributed by atoms with van der Waals surface area (Å²) in [4.78, 5) is 18.3. The zero-order chi connectivity index (χ0) is 17.6. The van der Waals surface area contributed by atoms with E-state index >= 15 is 0 Å². The highest BCUT2D eigenvalue weighted by Crippen LogP contribution is 2.28. The highest BCUT2D eigenvalue weighted by molar-refractivity contribution is 5.77. The van der Waals surface area contributed by atoms with Gasteiger partial charge in [-0.3, -0.25) is 4.79 Å². The van der Waals surface area contributed by atoms with Crippen LogP contribution < -0.4 is 4.74 Å². The molecular formula is C19H24N2O4. The van der Waals surface area contributed by atoms with Gasteiger partial charge in [0.25, 0.3) is 0 Å². The number of hydrogen-bond acceptors (Lipinski definition) is 5. The van der Waals surface area contributed by atoms with Crippen molar-refractivity contribution in [2.75, 3.05) is 33.9 Å². The van der Waals surface area contributed by atoms with Gasteiger partial charge in [-0.2, -0.15) is 0 Å². The molecule has 0 radical (unpaired) electrons. The molecule has 1 aromatic heterocycles. The van der Waals surface area contributed by atoms with Crippen LogP contribution in [0.25, 0.3) is 0 Å². The summed E-state index contributed by atoms with van der Waals surface area (Å²) in [6.07, 6.45) is 4.34. The van der Waals surface area contributed by atoms with E-state index in [2.05, 4.69) is 4.98 Å². The van der Waals surface area contributed by atoms with E-state index in [-0.39, 0.29) is 18.4 Å². The molecule has 1 aromatic carbocycles. The highest BCUT2D eigenvalue weighted by Gasteiger charge is 2.27. The topological polar surface area (TPSA) is 64.8 Å². The van der Waals surface area contributed by atoms with Crippen molar-refractivity contribution in [3.8, 4) is 5.75 Å². The number of ether oxygens (including phenoxy) is 2.